The average molecular weight is 684 g/mol. The van der Waals surface area contributed by atoms with Gasteiger partial charge in [0.25, 0.3) is 5.91 Å². The summed E-state index contributed by atoms with van der Waals surface area (Å²) in [7, 11) is 0. The molecule has 3 N–H and O–H groups in total. The van der Waals surface area contributed by atoms with Gasteiger partial charge in [0.1, 0.15) is 17.2 Å². The number of nitrogens with zero attached hydrogens (tertiary/aromatic N) is 3. The van der Waals surface area contributed by atoms with Crippen molar-refractivity contribution in [1.29, 1.82) is 0 Å². The Kier molecular flexibility index (Phi) is 9.09. The largest absolute Gasteiger partial charge is 0.433 e. The fourth-order valence-corrected chi connectivity index (χ4v) is 7.38. The van der Waals surface area contributed by atoms with Crippen LogP contribution in [0.5, 0.6) is 0 Å². The van der Waals surface area contributed by atoms with Crippen molar-refractivity contribution in [3.8, 4) is 0 Å². The minimum absolute atomic E-state index is 0.156. The smallest absolute Gasteiger partial charge is 0.386 e. The molecule has 1 atom stereocenters. The molecule has 4 heterocycles. The molecule has 2 aromatic carbocycles. The van der Waals surface area contributed by atoms with Crippen molar-refractivity contribution in [3.05, 3.63) is 87.4 Å². The molecule has 9 nitrogen and oxygen atoms in total. The van der Waals surface area contributed by atoms with Crippen molar-refractivity contribution in [2.24, 2.45) is 0 Å². The number of pyridine rings is 1. The minimum atomic E-state index is -4.70. The van der Waals surface area contributed by atoms with Gasteiger partial charge in [-0.05, 0) is 82.1 Å². The van der Waals surface area contributed by atoms with Gasteiger partial charge in [-0.1, -0.05) is 18.2 Å². The molecule has 14 heteroatoms. The topological polar surface area (TPSA) is 125 Å². The number of halogens is 4. The van der Waals surface area contributed by atoms with Crippen LogP contribution < -0.4 is 10.6 Å². The number of aromatic nitrogens is 2. The number of likely N-dealkylation sites (tertiary alicyclic amines) is 1. The van der Waals surface area contributed by atoms with Crippen molar-refractivity contribution >= 4 is 45.0 Å². The molecule has 2 aromatic heterocycles. The third kappa shape index (κ3) is 7.25. The first kappa shape index (κ1) is 33.6. The first-order valence-corrected chi connectivity index (χ1v) is 16.3. The van der Waals surface area contributed by atoms with Crippen LogP contribution in [-0.4, -0.2) is 50.8 Å². The van der Waals surface area contributed by atoms with E-state index in [9.17, 15) is 32.7 Å². The Morgan fingerprint density at radius 1 is 1.06 bits per heavy atom. The van der Waals surface area contributed by atoms with E-state index in [1.165, 1.54) is 23.5 Å². The van der Waals surface area contributed by atoms with Crippen LogP contribution in [0.15, 0.2) is 48.5 Å². The SMILES string of the molecule is CC(C)(O)c1cc2nc(C3CCN(Cc4ccc(C5CCC(=O)NC5=O)c(F)c4)CC3)sc2cc1NC(=O)c1cccc(C(F)(F)F)n1. The summed E-state index contributed by atoms with van der Waals surface area (Å²) in [6, 6.07) is 11.4. The van der Waals surface area contributed by atoms with E-state index in [-0.39, 0.29) is 30.4 Å². The number of fused-ring (bicyclic) bond motifs is 1. The quantitative estimate of drug-likeness (QED) is 0.156. The number of carbonyl (C=O) groups excluding carboxylic acids is 3. The van der Waals surface area contributed by atoms with Crippen LogP contribution in [0.2, 0.25) is 0 Å². The van der Waals surface area contributed by atoms with Crippen LogP contribution in [0, 0.1) is 5.82 Å². The first-order chi connectivity index (χ1) is 22.7. The van der Waals surface area contributed by atoms with Crippen LogP contribution in [0.3, 0.4) is 0 Å². The van der Waals surface area contributed by atoms with Crippen LogP contribution in [0.25, 0.3) is 10.2 Å². The number of alkyl halides is 3. The Labute approximate surface area is 277 Å². The second-order valence-corrected chi connectivity index (χ2v) is 13.8. The highest BCUT2D eigenvalue weighted by Crippen LogP contribution is 2.39. The van der Waals surface area contributed by atoms with Crippen LogP contribution in [0.1, 0.15) is 89.2 Å². The zero-order chi connectivity index (χ0) is 34.4. The van der Waals surface area contributed by atoms with Gasteiger partial charge in [0.05, 0.1) is 26.7 Å². The van der Waals surface area contributed by atoms with E-state index in [2.05, 4.69) is 20.5 Å². The maximum absolute atomic E-state index is 15.0. The van der Waals surface area contributed by atoms with Crippen LogP contribution in [-0.2, 0) is 27.9 Å². The molecule has 6 rings (SSSR count). The predicted octanol–water partition coefficient (Wildman–Crippen LogP) is 6.23. The number of rotatable bonds is 7. The maximum atomic E-state index is 15.0. The number of benzene rings is 2. The lowest BCUT2D eigenvalue weighted by Crippen LogP contribution is -2.39. The van der Waals surface area contributed by atoms with Crippen molar-refractivity contribution in [2.75, 3.05) is 18.4 Å². The lowest BCUT2D eigenvalue weighted by molar-refractivity contribution is -0.141. The van der Waals surface area contributed by atoms with E-state index in [1.54, 1.807) is 32.0 Å². The van der Waals surface area contributed by atoms with Crippen molar-refractivity contribution in [1.82, 2.24) is 20.2 Å². The number of piperidine rings is 2. The van der Waals surface area contributed by atoms with E-state index in [0.29, 0.717) is 23.2 Å². The Morgan fingerprint density at radius 3 is 2.48 bits per heavy atom. The lowest BCUT2D eigenvalue weighted by atomic mass is 9.89. The van der Waals surface area contributed by atoms with Gasteiger partial charge in [-0.2, -0.15) is 13.2 Å². The van der Waals surface area contributed by atoms with Gasteiger partial charge in [-0.15, -0.1) is 11.3 Å². The maximum Gasteiger partial charge on any atom is 0.433 e. The molecule has 252 valence electrons. The lowest BCUT2D eigenvalue weighted by Gasteiger charge is -2.31. The van der Waals surface area contributed by atoms with Crippen molar-refractivity contribution in [3.63, 3.8) is 0 Å². The Morgan fingerprint density at radius 2 is 1.81 bits per heavy atom. The second-order valence-electron chi connectivity index (χ2n) is 12.7. The summed E-state index contributed by atoms with van der Waals surface area (Å²) in [6.45, 7) is 5.12. The van der Waals surface area contributed by atoms with Gasteiger partial charge in [0, 0.05) is 35.7 Å². The predicted molar refractivity (Wildman–Crippen MR) is 171 cm³/mol. The van der Waals surface area contributed by atoms with E-state index in [1.807, 2.05) is 6.07 Å². The molecule has 2 fully saturated rings. The van der Waals surface area contributed by atoms with E-state index < -0.39 is 46.7 Å². The molecule has 0 radical (unpaired) electrons. The summed E-state index contributed by atoms with van der Waals surface area (Å²) in [5.74, 6) is -2.64. The highest BCUT2D eigenvalue weighted by atomic mass is 32.1. The molecule has 2 saturated heterocycles. The normalized spacial score (nSPS) is 18.3. The van der Waals surface area contributed by atoms with Gasteiger partial charge in [0.2, 0.25) is 11.8 Å². The number of hydrogen-bond donors (Lipinski definition) is 3. The number of anilines is 1. The fraction of sp³-hybridized carbons (Fsp3) is 0.382. The molecule has 2 aliphatic heterocycles. The summed E-state index contributed by atoms with van der Waals surface area (Å²) in [6.07, 6.45) is -2.63. The Balaban J connectivity index is 1.13. The van der Waals surface area contributed by atoms with Crippen molar-refractivity contribution < 1.29 is 37.1 Å². The summed E-state index contributed by atoms with van der Waals surface area (Å²) >= 11 is 1.46. The summed E-state index contributed by atoms with van der Waals surface area (Å²) in [5, 5.41) is 16.7. The zero-order valence-electron chi connectivity index (χ0n) is 26.2. The highest BCUT2D eigenvalue weighted by molar-refractivity contribution is 7.18. The number of carbonyl (C=O) groups is 3. The van der Waals surface area contributed by atoms with E-state index >= 15 is 4.39 Å². The number of aliphatic hydroxyl groups is 1. The molecular formula is C34H33F4N5O4S. The summed E-state index contributed by atoms with van der Waals surface area (Å²) in [5.41, 5.74) is -0.656. The average Bonchev–Trinajstić information content (AvgIpc) is 3.44. The molecule has 0 bridgehead atoms. The molecule has 4 aromatic rings. The first-order valence-electron chi connectivity index (χ1n) is 15.5. The molecule has 1 unspecified atom stereocenters. The molecular weight excluding hydrogens is 650 g/mol. The molecule has 2 aliphatic rings. The number of nitrogens with one attached hydrogen (secondary N) is 2. The number of amides is 3. The third-order valence-electron chi connectivity index (χ3n) is 8.75. The number of imide groups is 1. The zero-order valence-corrected chi connectivity index (χ0v) is 27.0. The minimum Gasteiger partial charge on any atom is -0.386 e. The van der Waals surface area contributed by atoms with Gasteiger partial charge >= 0.3 is 6.18 Å². The third-order valence-corrected chi connectivity index (χ3v) is 9.93. The van der Waals surface area contributed by atoms with Gasteiger partial charge in [-0.25, -0.2) is 14.4 Å². The van der Waals surface area contributed by atoms with Crippen molar-refractivity contribution in [2.45, 2.75) is 69.7 Å². The van der Waals surface area contributed by atoms with Gasteiger partial charge < -0.3 is 10.4 Å². The van der Waals surface area contributed by atoms with Crippen LogP contribution in [0.4, 0.5) is 23.2 Å². The summed E-state index contributed by atoms with van der Waals surface area (Å²) < 4.78 is 55.3. The summed E-state index contributed by atoms with van der Waals surface area (Å²) in [4.78, 5) is 47.2. The van der Waals surface area contributed by atoms with E-state index in [0.717, 1.165) is 53.3 Å². The molecule has 0 aliphatic carbocycles. The van der Waals surface area contributed by atoms with Crippen LogP contribution >= 0.6 is 11.3 Å². The number of hydrogen-bond acceptors (Lipinski definition) is 8. The molecule has 0 saturated carbocycles. The van der Waals surface area contributed by atoms with E-state index in [4.69, 9.17) is 4.98 Å². The standard InChI is InChI=1S/C34H33F4N5O4S/c1-33(2,47)22-15-26-27(16-25(22)40-31(46)24-4-3-5-28(39-24)34(36,37)38)48-32(41-26)19-10-12-43(13-11-19)17-18-6-7-20(23(35)14-18)21-8-9-29(44)42-30(21)45/h3-7,14-16,19,21,47H,8-13,17H2,1-2H3,(H,40,46)(H,42,44,45). The van der Waals surface area contributed by atoms with Gasteiger partial charge in [0.15, 0.2) is 0 Å². The Hall–Kier alpha value is -4.27. The highest BCUT2D eigenvalue weighted by Gasteiger charge is 2.34. The molecule has 0 spiro atoms. The second kappa shape index (κ2) is 13.0. The monoisotopic (exact) mass is 683 g/mol. The fourth-order valence-electron chi connectivity index (χ4n) is 6.22. The Bertz CT molecular complexity index is 1900. The molecule has 3 amide bonds. The van der Waals surface area contributed by atoms with Gasteiger partial charge in [-0.3, -0.25) is 24.6 Å². The molecule has 48 heavy (non-hydrogen) atoms. The number of thiazole rings is 1.